The van der Waals surface area contributed by atoms with Crippen molar-refractivity contribution in [1.29, 1.82) is 0 Å². The Kier molecular flexibility index (Phi) is 16.5. The fraction of sp³-hybridized carbons (Fsp3) is 0.857. The van der Waals surface area contributed by atoms with Gasteiger partial charge in [0.1, 0.15) is 5.78 Å². The maximum absolute atomic E-state index is 11.2. The first kappa shape index (κ1) is 18.5. The van der Waals surface area contributed by atoms with E-state index in [1.54, 1.807) is 0 Å². The zero-order chi connectivity index (χ0) is 13.5. The van der Waals surface area contributed by atoms with Crippen molar-refractivity contribution in [1.82, 2.24) is 5.32 Å². The van der Waals surface area contributed by atoms with Crippen molar-refractivity contribution < 1.29 is 9.59 Å². The smallest absolute Gasteiger partial charge is 0.220 e. The molecular weight excluding hydrogens is 214 g/mol. The van der Waals surface area contributed by atoms with Crippen LogP contribution in [-0.4, -0.2) is 18.2 Å². The molecule has 0 aromatic carbocycles. The van der Waals surface area contributed by atoms with E-state index in [4.69, 9.17) is 0 Å². The minimum absolute atomic E-state index is 0.000640. The van der Waals surface area contributed by atoms with E-state index in [9.17, 15) is 9.59 Å². The summed E-state index contributed by atoms with van der Waals surface area (Å²) >= 11 is 0. The quantitative estimate of drug-likeness (QED) is 0.630. The standard InChI is InChI=1S/C12H23NO2.C2H6/c1-3-4-5-6-7-10-13-12(15)9-8-11(2)14;1-2/h3-10H2,1-2H3,(H,13,15);1-2H3. The van der Waals surface area contributed by atoms with Gasteiger partial charge in [-0.1, -0.05) is 46.5 Å². The summed E-state index contributed by atoms with van der Waals surface area (Å²) in [5, 5.41) is 2.82. The third kappa shape index (κ3) is 17.7. The van der Waals surface area contributed by atoms with E-state index in [2.05, 4.69) is 12.2 Å². The Bertz CT molecular complexity index is 191. The molecule has 0 fully saturated rings. The van der Waals surface area contributed by atoms with Crippen LogP contribution in [0.5, 0.6) is 0 Å². The maximum Gasteiger partial charge on any atom is 0.220 e. The first-order valence-electron chi connectivity index (χ1n) is 6.93. The molecule has 1 N–H and O–H groups in total. The minimum atomic E-state index is 0.000640. The Morgan fingerprint density at radius 3 is 2.06 bits per heavy atom. The maximum atomic E-state index is 11.2. The van der Waals surface area contributed by atoms with Gasteiger partial charge in [0, 0.05) is 19.4 Å². The van der Waals surface area contributed by atoms with Crippen LogP contribution in [0.4, 0.5) is 0 Å². The Balaban J connectivity index is 0. The summed E-state index contributed by atoms with van der Waals surface area (Å²) < 4.78 is 0. The number of carbonyl (C=O) groups excluding carboxylic acids is 2. The van der Waals surface area contributed by atoms with E-state index >= 15 is 0 Å². The Labute approximate surface area is 106 Å². The van der Waals surface area contributed by atoms with Crippen molar-refractivity contribution in [3.05, 3.63) is 0 Å². The summed E-state index contributed by atoms with van der Waals surface area (Å²) in [5.74, 6) is 0.0776. The van der Waals surface area contributed by atoms with Gasteiger partial charge in [0.25, 0.3) is 0 Å². The molecule has 0 saturated carbocycles. The minimum Gasteiger partial charge on any atom is -0.356 e. The van der Waals surface area contributed by atoms with Crippen LogP contribution in [-0.2, 0) is 9.59 Å². The average molecular weight is 243 g/mol. The second-order valence-corrected chi connectivity index (χ2v) is 3.97. The van der Waals surface area contributed by atoms with Crippen molar-refractivity contribution >= 4 is 11.7 Å². The molecule has 0 saturated heterocycles. The second kappa shape index (κ2) is 15.1. The van der Waals surface area contributed by atoms with Crippen molar-refractivity contribution in [2.24, 2.45) is 0 Å². The van der Waals surface area contributed by atoms with Gasteiger partial charge in [-0.25, -0.2) is 0 Å². The molecule has 0 heterocycles. The highest BCUT2D eigenvalue weighted by molar-refractivity contribution is 5.83. The van der Waals surface area contributed by atoms with Crippen LogP contribution >= 0.6 is 0 Å². The molecule has 0 spiro atoms. The number of unbranched alkanes of at least 4 members (excludes halogenated alkanes) is 4. The second-order valence-electron chi connectivity index (χ2n) is 3.97. The van der Waals surface area contributed by atoms with E-state index in [-0.39, 0.29) is 11.7 Å². The lowest BCUT2D eigenvalue weighted by atomic mass is 10.1. The monoisotopic (exact) mass is 243 g/mol. The van der Waals surface area contributed by atoms with Crippen molar-refractivity contribution in [2.45, 2.75) is 72.6 Å². The number of rotatable bonds is 9. The molecule has 0 radical (unpaired) electrons. The normalized spacial score (nSPS) is 9.18. The van der Waals surface area contributed by atoms with Crippen LogP contribution in [0.3, 0.4) is 0 Å². The Morgan fingerprint density at radius 1 is 0.941 bits per heavy atom. The Morgan fingerprint density at radius 2 is 1.53 bits per heavy atom. The summed E-state index contributed by atoms with van der Waals surface area (Å²) in [4.78, 5) is 21.8. The van der Waals surface area contributed by atoms with Gasteiger partial charge in [-0.2, -0.15) is 0 Å². The number of hydrogen-bond acceptors (Lipinski definition) is 2. The molecule has 0 aromatic rings. The molecule has 1 amide bonds. The van der Waals surface area contributed by atoms with Crippen molar-refractivity contribution in [2.75, 3.05) is 6.54 Å². The van der Waals surface area contributed by atoms with Crippen LogP contribution in [0.2, 0.25) is 0 Å². The fourth-order valence-electron chi connectivity index (χ4n) is 1.33. The molecule has 17 heavy (non-hydrogen) atoms. The van der Waals surface area contributed by atoms with Crippen LogP contribution in [0.25, 0.3) is 0 Å². The largest absolute Gasteiger partial charge is 0.356 e. The third-order valence-corrected chi connectivity index (χ3v) is 2.31. The zero-order valence-electron chi connectivity index (χ0n) is 12.0. The van der Waals surface area contributed by atoms with Crippen molar-refractivity contribution in [3.8, 4) is 0 Å². The number of ketones is 1. The SMILES string of the molecule is CC.CCCCCCCNC(=O)CCC(C)=O. The van der Waals surface area contributed by atoms with Gasteiger partial charge in [0.15, 0.2) is 0 Å². The first-order valence-corrected chi connectivity index (χ1v) is 6.93. The molecule has 0 atom stereocenters. The molecule has 0 aliphatic rings. The third-order valence-electron chi connectivity index (χ3n) is 2.31. The number of Topliss-reactive ketones (excluding diaryl/α,β-unsaturated/α-hetero) is 1. The topological polar surface area (TPSA) is 46.2 Å². The molecule has 0 aromatic heterocycles. The molecule has 0 bridgehead atoms. The highest BCUT2D eigenvalue weighted by Crippen LogP contribution is 2.01. The molecule has 0 rings (SSSR count). The van der Waals surface area contributed by atoms with Crippen LogP contribution in [0.15, 0.2) is 0 Å². The average Bonchev–Trinajstić information content (AvgIpc) is 2.33. The van der Waals surface area contributed by atoms with Gasteiger partial charge in [-0.05, 0) is 13.3 Å². The summed E-state index contributed by atoms with van der Waals surface area (Å²) in [6, 6.07) is 0. The lowest BCUT2D eigenvalue weighted by Crippen LogP contribution is -2.24. The number of hydrogen-bond donors (Lipinski definition) is 1. The lowest BCUT2D eigenvalue weighted by molar-refractivity contribution is -0.124. The molecule has 102 valence electrons. The summed E-state index contributed by atoms with van der Waals surface area (Å²) in [5.41, 5.74) is 0. The van der Waals surface area contributed by atoms with Crippen LogP contribution < -0.4 is 5.32 Å². The molecule has 3 nitrogen and oxygen atoms in total. The van der Waals surface area contributed by atoms with Gasteiger partial charge < -0.3 is 10.1 Å². The predicted molar refractivity (Wildman–Crippen MR) is 73.0 cm³/mol. The zero-order valence-corrected chi connectivity index (χ0v) is 12.0. The highest BCUT2D eigenvalue weighted by atomic mass is 16.2. The van der Waals surface area contributed by atoms with Gasteiger partial charge in [0.05, 0.1) is 0 Å². The van der Waals surface area contributed by atoms with Gasteiger partial charge in [0.2, 0.25) is 5.91 Å². The summed E-state index contributed by atoms with van der Waals surface area (Å²) in [7, 11) is 0. The molecule has 3 heteroatoms. The Hall–Kier alpha value is -0.860. The molecule has 0 aliphatic carbocycles. The van der Waals surface area contributed by atoms with Crippen molar-refractivity contribution in [3.63, 3.8) is 0 Å². The first-order chi connectivity index (χ1) is 8.16. The van der Waals surface area contributed by atoms with Gasteiger partial charge in [-0.15, -0.1) is 0 Å². The number of carbonyl (C=O) groups is 2. The van der Waals surface area contributed by atoms with E-state index in [0.717, 1.165) is 13.0 Å². The van der Waals surface area contributed by atoms with Crippen LogP contribution in [0.1, 0.15) is 72.6 Å². The number of amides is 1. The van der Waals surface area contributed by atoms with E-state index in [0.29, 0.717) is 12.8 Å². The molecular formula is C14H29NO2. The van der Waals surface area contributed by atoms with E-state index in [1.807, 2.05) is 13.8 Å². The van der Waals surface area contributed by atoms with Gasteiger partial charge >= 0.3 is 0 Å². The predicted octanol–water partition coefficient (Wildman–Crippen LogP) is 3.47. The molecule has 0 unspecified atom stereocenters. The number of nitrogens with one attached hydrogen (secondary N) is 1. The van der Waals surface area contributed by atoms with E-state index in [1.165, 1.54) is 32.6 Å². The van der Waals surface area contributed by atoms with Crippen LogP contribution in [0, 0.1) is 0 Å². The summed E-state index contributed by atoms with van der Waals surface area (Å²) in [6.45, 7) is 8.45. The highest BCUT2D eigenvalue weighted by Gasteiger charge is 2.01. The summed E-state index contributed by atoms with van der Waals surface area (Å²) in [6.07, 6.45) is 6.70. The van der Waals surface area contributed by atoms with E-state index < -0.39 is 0 Å². The van der Waals surface area contributed by atoms with Gasteiger partial charge in [-0.3, -0.25) is 4.79 Å². The fourth-order valence-corrected chi connectivity index (χ4v) is 1.33. The molecule has 0 aliphatic heterocycles. The lowest BCUT2D eigenvalue weighted by Gasteiger charge is -2.03.